The summed E-state index contributed by atoms with van der Waals surface area (Å²) in [6.45, 7) is 2.02. The van der Waals surface area contributed by atoms with Crippen LogP contribution in [0.1, 0.15) is 12.8 Å². The van der Waals surface area contributed by atoms with Gasteiger partial charge in [0.05, 0.1) is 11.0 Å². The maximum Gasteiger partial charge on any atom is 0.178 e. The Balaban J connectivity index is 2.01. The van der Waals surface area contributed by atoms with Gasteiger partial charge in [-0.25, -0.2) is 4.39 Å². The number of nitrogens with zero attached hydrogens (tertiary/aromatic N) is 2. The molecule has 1 aromatic heterocycles. The first-order valence-corrected chi connectivity index (χ1v) is 6.64. The van der Waals surface area contributed by atoms with Gasteiger partial charge >= 0.3 is 0 Å². The average molecular weight is 265 g/mol. The third-order valence-corrected chi connectivity index (χ3v) is 4.12. The number of benzene rings is 1. The van der Waals surface area contributed by atoms with Gasteiger partial charge in [-0.2, -0.15) is 0 Å². The van der Waals surface area contributed by atoms with Crippen LogP contribution in [0.3, 0.4) is 0 Å². The molecule has 0 aliphatic carbocycles. The van der Waals surface area contributed by atoms with Gasteiger partial charge in [-0.3, -0.25) is 0 Å². The summed E-state index contributed by atoms with van der Waals surface area (Å²) in [5, 5.41) is 0. The largest absolute Gasteiger partial charge is 0.330 e. The fraction of sp³-hybridized carbons (Fsp3) is 0.462. The van der Waals surface area contributed by atoms with Gasteiger partial charge in [-0.1, -0.05) is 0 Å². The zero-order valence-electron chi connectivity index (χ0n) is 10.3. The predicted molar refractivity (Wildman–Crippen MR) is 72.7 cm³/mol. The topological polar surface area (TPSA) is 24.0 Å². The lowest BCUT2D eigenvalue weighted by Crippen LogP contribution is -2.29. The van der Waals surface area contributed by atoms with E-state index < -0.39 is 0 Å². The number of nitrogens with one attached hydrogen (secondary N) is 1. The molecule has 96 valence electrons. The maximum absolute atomic E-state index is 13.2. The molecule has 0 saturated carbocycles. The third-order valence-electron chi connectivity index (χ3n) is 3.80. The van der Waals surface area contributed by atoms with Crippen molar-refractivity contribution >= 4 is 23.3 Å². The molecule has 0 amide bonds. The van der Waals surface area contributed by atoms with E-state index in [0.717, 1.165) is 24.1 Å². The SMILES string of the molecule is CN1CCCC1Cn1c(=S)[nH]c2cc(F)ccc21. The van der Waals surface area contributed by atoms with Crippen LogP contribution >= 0.6 is 12.2 Å². The molecule has 1 atom stereocenters. The summed E-state index contributed by atoms with van der Waals surface area (Å²) in [6, 6.07) is 5.31. The molecule has 1 aliphatic heterocycles. The first kappa shape index (κ1) is 11.9. The molecule has 1 unspecified atom stereocenters. The van der Waals surface area contributed by atoms with Crippen molar-refractivity contribution in [3.05, 3.63) is 28.8 Å². The number of rotatable bonds is 2. The van der Waals surface area contributed by atoms with Gasteiger partial charge in [-0.05, 0) is 56.9 Å². The molecule has 2 heterocycles. The zero-order chi connectivity index (χ0) is 12.7. The molecular formula is C13H16FN3S. The lowest BCUT2D eigenvalue weighted by atomic mass is 10.2. The molecule has 1 fully saturated rings. The molecule has 2 aromatic rings. The van der Waals surface area contributed by atoms with E-state index in [0.29, 0.717) is 10.8 Å². The summed E-state index contributed by atoms with van der Waals surface area (Å²) < 4.78 is 15.9. The number of likely N-dealkylation sites (tertiary alicyclic amines) is 1. The Bertz CT molecular complexity index is 631. The molecule has 3 nitrogen and oxygen atoms in total. The van der Waals surface area contributed by atoms with Gasteiger partial charge < -0.3 is 14.5 Å². The van der Waals surface area contributed by atoms with E-state index in [9.17, 15) is 4.39 Å². The molecule has 1 aliphatic rings. The van der Waals surface area contributed by atoms with E-state index in [-0.39, 0.29) is 5.82 Å². The Kier molecular flexibility index (Phi) is 2.95. The Morgan fingerprint density at radius 1 is 1.50 bits per heavy atom. The van der Waals surface area contributed by atoms with Crippen molar-refractivity contribution in [2.45, 2.75) is 25.4 Å². The van der Waals surface area contributed by atoms with Crippen LogP contribution in [0, 0.1) is 10.6 Å². The predicted octanol–water partition coefficient (Wildman–Crippen LogP) is 2.93. The van der Waals surface area contributed by atoms with Crippen molar-refractivity contribution in [2.75, 3.05) is 13.6 Å². The summed E-state index contributed by atoms with van der Waals surface area (Å²) in [4.78, 5) is 5.44. The van der Waals surface area contributed by atoms with Crippen LogP contribution in [0.4, 0.5) is 4.39 Å². The second-order valence-corrected chi connectivity index (χ2v) is 5.37. The minimum absolute atomic E-state index is 0.233. The number of hydrogen-bond donors (Lipinski definition) is 1. The Hall–Kier alpha value is -1.20. The number of imidazole rings is 1. The molecule has 1 aromatic carbocycles. The first-order chi connectivity index (χ1) is 8.65. The number of aromatic nitrogens is 2. The standard InChI is InChI=1S/C13H16FN3S/c1-16-6-2-3-10(16)8-17-12-5-4-9(14)7-11(12)15-13(17)18/h4-5,7,10H,2-3,6,8H2,1H3,(H,15,18). The normalized spacial score (nSPS) is 20.9. The van der Waals surface area contributed by atoms with Crippen molar-refractivity contribution in [1.29, 1.82) is 0 Å². The van der Waals surface area contributed by atoms with Crippen molar-refractivity contribution in [1.82, 2.24) is 14.5 Å². The van der Waals surface area contributed by atoms with Crippen molar-refractivity contribution < 1.29 is 4.39 Å². The van der Waals surface area contributed by atoms with Crippen LogP contribution in [0.15, 0.2) is 18.2 Å². The lowest BCUT2D eigenvalue weighted by Gasteiger charge is -2.20. The molecule has 18 heavy (non-hydrogen) atoms. The van der Waals surface area contributed by atoms with Crippen LogP contribution in [-0.2, 0) is 6.54 Å². The van der Waals surface area contributed by atoms with Crippen LogP contribution in [0.2, 0.25) is 0 Å². The molecule has 5 heteroatoms. The van der Waals surface area contributed by atoms with E-state index in [2.05, 4.69) is 21.5 Å². The fourth-order valence-electron chi connectivity index (χ4n) is 2.74. The highest BCUT2D eigenvalue weighted by molar-refractivity contribution is 7.71. The van der Waals surface area contributed by atoms with E-state index in [1.165, 1.54) is 25.0 Å². The average Bonchev–Trinajstić information content (AvgIpc) is 2.85. The summed E-state index contributed by atoms with van der Waals surface area (Å²) in [5.74, 6) is -0.233. The van der Waals surface area contributed by atoms with Gasteiger partial charge in [-0.15, -0.1) is 0 Å². The molecule has 1 N–H and O–H groups in total. The maximum atomic E-state index is 13.2. The Morgan fingerprint density at radius 2 is 2.33 bits per heavy atom. The van der Waals surface area contributed by atoms with Crippen molar-refractivity contribution in [3.63, 3.8) is 0 Å². The van der Waals surface area contributed by atoms with Crippen LogP contribution in [0.25, 0.3) is 11.0 Å². The number of fused-ring (bicyclic) bond motifs is 1. The van der Waals surface area contributed by atoms with Crippen LogP contribution < -0.4 is 0 Å². The third kappa shape index (κ3) is 1.97. The second-order valence-electron chi connectivity index (χ2n) is 4.98. The highest BCUT2D eigenvalue weighted by atomic mass is 32.1. The number of H-pyrrole nitrogens is 1. The number of hydrogen-bond acceptors (Lipinski definition) is 2. The van der Waals surface area contributed by atoms with Gasteiger partial charge in [0.25, 0.3) is 0 Å². The highest BCUT2D eigenvalue weighted by Gasteiger charge is 2.22. The molecule has 1 saturated heterocycles. The van der Waals surface area contributed by atoms with E-state index in [1.54, 1.807) is 6.07 Å². The highest BCUT2D eigenvalue weighted by Crippen LogP contribution is 2.21. The molecule has 0 spiro atoms. The van der Waals surface area contributed by atoms with E-state index in [1.807, 2.05) is 0 Å². The molecule has 0 radical (unpaired) electrons. The Labute approximate surface area is 110 Å². The van der Waals surface area contributed by atoms with E-state index in [4.69, 9.17) is 12.2 Å². The van der Waals surface area contributed by atoms with Gasteiger partial charge in [0.1, 0.15) is 5.82 Å². The summed E-state index contributed by atoms with van der Waals surface area (Å²) in [5.41, 5.74) is 1.77. The number of likely N-dealkylation sites (N-methyl/N-ethyl adjacent to an activating group) is 1. The smallest absolute Gasteiger partial charge is 0.178 e. The van der Waals surface area contributed by atoms with Crippen LogP contribution in [0.5, 0.6) is 0 Å². The van der Waals surface area contributed by atoms with Crippen molar-refractivity contribution in [2.24, 2.45) is 0 Å². The summed E-state index contributed by atoms with van der Waals surface area (Å²) in [7, 11) is 2.15. The fourth-order valence-corrected chi connectivity index (χ4v) is 3.02. The van der Waals surface area contributed by atoms with Crippen LogP contribution in [-0.4, -0.2) is 34.1 Å². The Morgan fingerprint density at radius 3 is 3.06 bits per heavy atom. The number of aromatic amines is 1. The van der Waals surface area contributed by atoms with Gasteiger partial charge in [0.15, 0.2) is 4.77 Å². The summed E-state index contributed by atoms with van der Waals surface area (Å²) >= 11 is 5.34. The van der Waals surface area contributed by atoms with Gasteiger partial charge in [0, 0.05) is 12.6 Å². The quantitative estimate of drug-likeness (QED) is 0.844. The van der Waals surface area contributed by atoms with Gasteiger partial charge in [0.2, 0.25) is 0 Å². The second kappa shape index (κ2) is 4.48. The monoisotopic (exact) mass is 265 g/mol. The first-order valence-electron chi connectivity index (χ1n) is 6.23. The zero-order valence-corrected chi connectivity index (χ0v) is 11.1. The number of halogens is 1. The minimum atomic E-state index is -0.233. The molecule has 3 rings (SSSR count). The summed E-state index contributed by atoms with van der Waals surface area (Å²) in [6.07, 6.45) is 2.44. The molecule has 0 bridgehead atoms. The van der Waals surface area contributed by atoms with Crippen molar-refractivity contribution in [3.8, 4) is 0 Å². The minimum Gasteiger partial charge on any atom is -0.330 e. The van der Waals surface area contributed by atoms with E-state index >= 15 is 0 Å². The lowest BCUT2D eigenvalue weighted by molar-refractivity contribution is 0.283. The molecular weight excluding hydrogens is 249 g/mol.